The molecule has 254 valence electrons. The summed E-state index contributed by atoms with van der Waals surface area (Å²) in [5.74, 6) is 1.95. The molecule has 55 heavy (non-hydrogen) atoms. The Morgan fingerprint density at radius 2 is 0.855 bits per heavy atom. The smallest absolute Gasteiger partial charge is 0.164 e. The molecule has 1 aliphatic carbocycles. The summed E-state index contributed by atoms with van der Waals surface area (Å²) in [6, 6.07) is 65.0. The minimum atomic E-state index is 0.641. The highest BCUT2D eigenvalue weighted by molar-refractivity contribution is 6.41. The molecule has 0 spiro atoms. The van der Waals surface area contributed by atoms with Gasteiger partial charge in [-0.1, -0.05) is 146 Å². The van der Waals surface area contributed by atoms with Crippen molar-refractivity contribution in [3.05, 3.63) is 182 Å². The van der Waals surface area contributed by atoms with Gasteiger partial charge in [0.25, 0.3) is 0 Å². The number of benzene rings is 9. The first-order valence-electron chi connectivity index (χ1n) is 18.7. The van der Waals surface area contributed by atoms with Crippen molar-refractivity contribution in [2.75, 3.05) is 0 Å². The monoisotopic (exact) mass is 698 g/mol. The zero-order chi connectivity index (χ0) is 36.0. The van der Waals surface area contributed by atoms with E-state index in [0.717, 1.165) is 22.4 Å². The van der Waals surface area contributed by atoms with E-state index in [1.54, 1.807) is 0 Å². The van der Waals surface area contributed by atoms with Gasteiger partial charge in [0.1, 0.15) is 0 Å². The Labute approximate surface area is 316 Å². The van der Waals surface area contributed by atoms with Gasteiger partial charge >= 0.3 is 0 Å². The maximum Gasteiger partial charge on any atom is 0.164 e. The van der Waals surface area contributed by atoms with Crippen LogP contribution in [0.15, 0.2) is 182 Å². The number of rotatable bonds is 4. The second-order valence-electron chi connectivity index (χ2n) is 14.3. The van der Waals surface area contributed by atoms with Gasteiger partial charge in [-0.2, -0.15) is 0 Å². The summed E-state index contributed by atoms with van der Waals surface area (Å²) in [6.07, 6.45) is 0. The first kappa shape index (κ1) is 30.1. The summed E-state index contributed by atoms with van der Waals surface area (Å²) in [7, 11) is 0. The molecule has 11 aromatic rings. The van der Waals surface area contributed by atoms with E-state index in [4.69, 9.17) is 15.0 Å². The molecule has 0 fully saturated rings. The fourth-order valence-corrected chi connectivity index (χ4v) is 8.99. The normalized spacial score (nSPS) is 12.0. The van der Waals surface area contributed by atoms with Crippen molar-refractivity contribution in [3.63, 3.8) is 0 Å². The topological polar surface area (TPSA) is 43.6 Å². The lowest BCUT2D eigenvalue weighted by Crippen LogP contribution is -2.00. The highest BCUT2D eigenvalue weighted by Crippen LogP contribution is 2.53. The number of nitrogens with zero attached hydrogens (tertiary/aromatic N) is 4. The van der Waals surface area contributed by atoms with Gasteiger partial charge in [-0.15, -0.1) is 0 Å². The van der Waals surface area contributed by atoms with Gasteiger partial charge in [-0.05, 0) is 80.2 Å². The van der Waals surface area contributed by atoms with E-state index < -0.39 is 0 Å². The molecule has 4 heteroatoms. The maximum absolute atomic E-state index is 5.01. The van der Waals surface area contributed by atoms with Crippen molar-refractivity contribution in [2.24, 2.45) is 0 Å². The first-order chi connectivity index (χ1) is 27.3. The lowest BCUT2D eigenvalue weighted by molar-refractivity contribution is 1.07. The SMILES string of the molecule is c1ccc(-c2nc(-c3ccccc3)nc(-c3ccc(-n4c5cccc6c5c5c7c(cc8ccccc8c7c7ccccc7c54)-c4ccccc4-6)cc3)n2)cc1. The van der Waals surface area contributed by atoms with Gasteiger partial charge in [0, 0.05) is 43.9 Å². The molecule has 0 N–H and O–H groups in total. The second kappa shape index (κ2) is 11.5. The molecule has 0 aliphatic heterocycles. The molecule has 0 saturated carbocycles. The Morgan fingerprint density at radius 3 is 1.53 bits per heavy atom. The Morgan fingerprint density at radius 1 is 0.327 bits per heavy atom. The third-order valence-electron chi connectivity index (χ3n) is 11.3. The number of fused-ring (bicyclic) bond motifs is 8. The van der Waals surface area contributed by atoms with Gasteiger partial charge in [-0.25, -0.2) is 15.0 Å². The van der Waals surface area contributed by atoms with Gasteiger partial charge in [0.05, 0.1) is 11.0 Å². The van der Waals surface area contributed by atoms with Crippen LogP contribution < -0.4 is 0 Å². The summed E-state index contributed by atoms with van der Waals surface area (Å²) in [4.78, 5) is 14.9. The lowest BCUT2D eigenvalue weighted by atomic mass is 9.88. The van der Waals surface area contributed by atoms with Gasteiger partial charge in [-0.3, -0.25) is 0 Å². The van der Waals surface area contributed by atoms with Crippen molar-refractivity contribution < 1.29 is 0 Å². The van der Waals surface area contributed by atoms with Crippen molar-refractivity contribution in [1.29, 1.82) is 0 Å². The highest BCUT2D eigenvalue weighted by Gasteiger charge is 2.28. The van der Waals surface area contributed by atoms with E-state index in [-0.39, 0.29) is 0 Å². The molecular weight excluding hydrogens is 669 g/mol. The first-order valence-corrected chi connectivity index (χ1v) is 18.7. The molecule has 0 bridgehead atoms. The standard InChI is InChI=1S/C51H30N4/c1-3-14-31(15-4-1)49-52-50(32-16-5-2-6-17-32)54-51(53-49)33-26-28-35(29-27-33)55-43-25-13-24-39-37-20-9-10-21-38(37)42-30-34-18-7-8-19-36(34)44-40-22-11-12-23-41(40)48(55)47(45(39)43)46(42)44/h1-30H. The van der Waals surface area contributed by atoms with Crippen LogP contribution in [0.2, 0.25) is 0 Å². The molecule has 12 rings (SSSR count). The zero-order valence-electron chi connectivity index (χ0n) is 29.6. The molecule has 9 aromatic carbocycles. The van der Waals surface area contributed by atoms with Crippen LogP contribution in [0.25, 0.3) is 116 Å². The quantitative estimate of drug-likeness (QED) is 0.172. The van der Waals surface area contributed by atoms with Crippen LogP contribution in [0.5, 0.6) is 0 Å². The van der Waals surface area contributed by atoms with E-state index in [2.05, 4.69) is 126 Å². The summed E-state index contributed by atoms with van der Waals surface area (Å²) in [5.41, 5.74) is 11.4. The molecule has 4 nitrogen and oxygen atoms in total. The summed E-state index contributed by atoms with van der Waals surface area (Å²) >= 11 is 0. The van der Waals surface area contributed by atoms with Crippen LogP contribution >= 0.6 is 0 Å². The number of hydrogen-bond donors (Lipinski definition) is 0. The average molecular weight is 699 g/mol. The largest absolute Gasteiger partial charge is 0.309 e. The second-order valence-corrected chi connectivity index (χ2v) is 14.3. The molecule has 0 saturated heterocycles. The molecule has 2 heterocycles. The third kappa shape index (κ3) is 4.37. The molecule has 1 aliphatic rings. The Bertz CT molecular complexity index is 3290. The van der Waals surface area contributed by atoms with Gasteiger partial charge < -0.3 is 4.57 Å². The van der Waals surface area contributed by atoms with Crippen molar-refractivity contribution in [1.82, 2.24) is 19.5 Å². The Kier molecular flexibility index (Phi) is 6.31. The summed E-state index contributed by atoms with van der Waals surface area (Å²) < 4.78 is 2.48. The third-order valence-corrected chi connectivity index (χ3v) is 11.3. The van der Waals surface area contributed by atoms with E-state index in [1.807, 2.05) is 60.7 Å². The number of aromatic nitrogens is 4. The average Bonchev–Trinajstić information content (AvgIpc) is 3.56. The predicted octanol–water partition coefficient (Wildman–Crippen LogP) is 13.1. The molecule has 2 aromatic heterocycles. The van der Waals surface area contributed by atoms with E-state index in [1.165, 1.54) is 76.4 Å². The zero-order valence-corrected chi connectivity index (χ0v) is 29.6. The number of hydrogen-bond acceptors (Lipinski definition) is 3. The summed E-state index contributed by atoms with van der Waals surface area (Å²) in [6.45, 7) is 0. The van der Waals surface area contributed by atoms with Crippen molar-refractivity contribution >= 4 is 54.1 Å². The summed E-state index contributed by atoms with van der Waals surface area (Å²) in [5, 5.41) is 10.3. The van der Waals surface area contributed by atoms with Crippen molar-refractivity contribution in [3.8, 4) is 62.1 Å². The van der Waals surface area contributed by atoms with E-state index in [0.29, 0.717) is 17.5 Å². The van der Waals surface area contributed by atoms with Crippen molar-refractivity contribution in [2.45, 2.75) is 0 Å². The fraction of sp³-hybridized carbons (Fsp3) is 0. The van der Waals surface area contributed by atoms with Crippen LogP contribution in [0.1, 0.15) is 0 Å². The minimum absolute atomic E-state index is 0.641. The molecular formula is C51H30N4. The Balaban J connectivity index is 1.15. The van der Waals surface area contributed by atoms with Crippen LogP contribution in [0.3, 0.4) is 0 Å². The maximum atomic E-state index is 5.01. The van der Waals surface area contributed by atoms with Crippen LogP contribution in [0, 0.1) is 0 Å². The van der Waals surface area contributed by atoms with Crippen LogP contribution in [0.4, 0.5) is 0 Å². The lowest BCUT2D eigenvalue weighted by Gasteiger charge is -2.18. The molecule has 0 unspecified atom stereocenters. The molecule has 0 atom stereocenters. The van der Waals surface area contributed by atoms with E-state index in [9.17, 15) is 0 Å². The van der Waals surface area contributed by atoms with Gasteiger partial charge in [0.2, 0.25) is 0 Å². The fourth-order valence-electron chi connectivity index (χ4n) is 8.99. The van der Waals surface area contributed by atoms with Gasteiger partial charge in [0.15, 0.2) is 17.5 Å². The molecule has 0 radical (unpaired) electrons. The molecule has 0 amide bonds. The van der Waals surface area contributed by atoms with E-state index >= 15 is 0 Å². The highest BCUT2D eigenvalue weighted by atomic mass is 15.0. The predicted molar refractivity (Wildman–Crippen MR) is 227 cm³/mol. The Hall–Kier alpha value is -7.43. The van der Waals surface area contributed by atoms with Crippen LogP contribution in [-0.2, 0) is 0 Å². The minimum Gasteiger partial charge on any atom is -0.309 e. The van der Waals surface area contributed by atoms with Crippen LogP contribution in [-0.4, -0.2) is 19.5 Å².